The van der Waals surface area contributed by atoms with Gasteiger partial charge in [0.1, 0.15) is 17.3 Å². The summed E-state index contributed by atoms with van der Waals surface area (Å²) in [5.74, 6) is -0.0695. The molecule has 0 bridgehead atoms. The topological polar surface area (TPSA) is 117 Å². The smallest absolute Gasteiger partial charge is 0.255 e. The number of amides is 1. The van der Waals surface area contributed by atoms with Gasteiger partial charge in [-0.2, -0.15) is 0 Å². The molecule has 0 aromatic heterocycles. The Morgan fingerprint density at radius 1 is 1.21 bits per heavy atom. The van der Waals surface area contributed by atoms with Crippen LogP contribution in [-0.2, 0) is 4.79 Å². The molecule has 0 saturated carbocycles. The fraction of sp³-hybridized carbons (Fsp3) is 0.188. The first-order valence-corrected chi connectivity index (χ1v) is 6.97. The molecule has 0 radical (unpaired) electrons. The highest BCUT2D eigenvalue weighted by atomic mass is 19.1. The zero-order valence-electron chi connectivity index (χ0n) is 12.6. The number of carbonyl (C=O) groups excluding carboxylic acids is 1. The van der Waals surface area contributed by atoms with E-state index >= 15 is 0 Å². The molecule has 1 aliphatic heterocycles. The van der Waals surface area contributed by atoms with Crippen LogP contribution < -0.4 is 25.7 Å². The quantitative estimate of drug-likeness (QED) is 0.724. The van der Waals surface area contributed by atoms with Crippen LogP contribution >= 0.6 is 0 Å². The van der Waals surface area contributed by atoms with Crippen LogP contribution in [0.3, 0.4) is 0 Å². The minimum atomic E-state index is -1.54. The average molecular weight is 336 g/mol. The van der Waals surface area contributed by atoms with Crippen molar-refractivity contribution in [2.45, 2.75) is 5.79 Å². The van der Waals surface area contributed by atoms with Crippen LogP contribution in [0.1, 0.15) is 0 Å². The number of hydrogen-bond donors (Lipinski definition) is 3. The molecular formula is C16H17FN2O5. The fourth-order valence-corrected chi connectivity index (χ4v) is 1.91. The zero-order valence-corrected chi connectivity index (χ0v) is 12.6. The van der Waals surface area contributed by atoms with Crippen molar-refractivity contribution < 1.29 is 28.5 Å². The maximum Gasteiger partial charge on any atom is 0.255 e. The third-order valence-electron chi connectivity index (χ3n) is 3.04. The van der Waals surface area contributed by atoms with Gasteiger partial charge in [-0.15, -0.1) is 0 Å². The number of primary amides is 1. The van der Waals surface area contributed by atoms with E-state index in [1.807, 2.05) is 0 Å². The van der Waals surface area contributed by atoms with Gasteiger partial charge in [-0.1, -0.05) is 0 Å². The minimum absolute atomic E-state index is 0.0331. The SMILES string of the molecule is NC=O.NCC1(O)COc2ccc(Oc3ccc(F)cc3)cc2O1. The summed E-state index contributed by atoms with van der Waals surface area (Å²) < 4.78 is 29.3. The van der Waals surface area contributed by atoms with Crippen LogP contribution in [0, 0.1) is 5.82 Å². The van der Waals surface area contributed by atoms with Gasteiger partial charge in [-0.3, -0.25) is 4.79 Å². The van der Waals surface area contributed by atoms with Crippen molar-refractivity contribution in [3.8, 4) is 23.0 Å². The van der Waals surface area contributed by atoms with Gasteiger partial charge in [-0.05, 0) is 36.4 Å². The molecular weight excluding hydrogens is 319 g/mol. The van der Waals surface area contributed by atoms with Gasteiger partial charge in [-0.25, -0.2) is 4.39 Å². The summed E-state index contributed by atoms with van der Waals surface area (Å²) in [6.45, 7) is -0.121. The van der Waals surface area contributed by atoms with Crippen molar-refractivity contribution in [1.82, 2.24) is 0 Å². The first-order chi connectivity index (χ1) is 11.5. The molecule has 1 aliphatic rings. The Labute approximate surface area is 137 Å². The number of ether oxygens (including phenoxy) is 3. The number of hydrogen-bond acceptors (Lipinski definition) is 6. The molecule has 1 amide bonds. The third kappa shape index (κ3) is 4.34. The number of carbonyl (C=O) groups is 1. The van der Waals surface area contributed by atoms with Gasteiger partial charge in [0.2, 0.25) is 6.41 Å². The Hall–Kier alpha value is -2.84. The highest BCUT2D eigenvalue weighted by Gasteiger charge is 2.34. The third-order valence-corrected chi connectivity index (χ3v) is 3.04. The van der Waals surface area contributed by atoms with E-state index in [0.29, 0.717) is 23.0 Å². The van der Waals surface area contributed by atoms with Gasteiger partial charge in [0, 0.05) is 6.07 Å². The Kier molecular flexibility index (Phi) is 5.56. The van der Waals surface area contributed by atoms with E-state index in [9.17, 15) is 9.50 Å². The first-order valence-electron chi connectivity index (χ1n) is 6.97. The number of aliphatic hydroxyl groups is 1. The first kappa shape index (κ1) is 17.5. The summed E-state index contributed by atoms with van der Waals surface area (Å²) in [6, 6.07) is 10.6. The summed E-state index contributed by atoms with van der Waals surface area (Å²) in [4.78, 5) is 8.58. The van der Waals surface area contributed by atoms with Crippen molar-refractivity contribution in [3.63, 3.8) is 0 Å². The van der Waals surface area contributed by atoms with Crippen LogP contribution in [-0.4, -0.2) is 30.5 Å². The molecule has 8 heteroatoms. The molecule has 0 aliphatic carbocycles. The molecule has 2 aromatic rings. The van der Waals surface area contributed by atoms with Gasteiger partial charge in [0.25, 0.3) is 5.79 Å². The van der Waals surface area contributed by atoms with Crippen LogP contribution in [0.15, 0.2) is 42.5 Å². The Morgan fingerprint density at radius 3 is 2.46 bits per heavy atom. The van der Waals surface area contributed by atoms with Crippen molar-refractivity contribution in [2.24, 2.45) is 11.5 Å². The molecule has 0 saturated heterocycles. The molecule has 5 N–H and O–H groups in total. The molecule has 128 valence electrons. The lowest BCUT2D eigenvalue weighted by atomic mass is 10.2. The molecule has 7 nitrogen and oxygen atoms in total. The van der Waals surface area contributed by atoms with E-state index in [1.165, 1.54) is 24.3 Å². The molecule has 24 heavy (non-hydrogen) atoms. The number of halogens is 1. The van der Waals surface area contributed by atoms with Crippen molar-refractivity contribution in [3.05, 3.63) is 48.3 Å². The van der Waals surface area contributed by atoms with E-state index in [1.54, 1.807) is 18.2 Å². The van der Waals surface area contributed by atoms with E-state index in [2.05, 4.69) is 5.73 Å². The predicted octanol–water partition coefficient (Wildman–Crippen LogP) is 1.14. The minimum Gasteiger partial charge on any atom is -0.483 e. The second-order valence-electron chi connectivity index (χ2n) is 4.84. The van der Waals surface area contributed by atoms with Gasteiger partial charge in [0.05, 0.1) is 6.54 Å². The lowest BCUT2D eigenvalue weighted by molar-refractivity contribution is -0.166. The molecule has 0 fully saturated rings. The highest BCUT2D eigenvalue weighted by Crippen LogP contribution is 2.38. The van der Waals surface area contributed by atoms with Crippen LogP contribution in [0.2, 0.25) is 0 Å². The normalized spacial score (nSPS) is 18.1. The van der Waals surface area contributed by atoms with Crippen LogP contribution in [0.25, 0.3) is 0 Å². The zero-order chi connectivity index (χ0) is 17.6. The standard InChI is InChI=1S/C15H14FNO4.CH3NO/c16-10-1-3-11(4-2-10)20-12-5-6-13-14(7-12)21-15(18,8-17)9-19-13;2-1-3/h1-7,18H,8-9,17H2;1H,(H2,2,3). The van der Waals surface area contributed by atoms with Crippen LogP contribution in [0.5, 0.6) is 23.0 Å². The molecule has 1 heterocycles. The second kappa shape index (κ2) is 7.62. The fourth-order valence-electron chi connectivity index (χ4n) is 1.91. The Balaban J connectivity index is 0.000000647. The Morgan fingerprint density at radius 2 is 1.83 bits per heavy atom. The van der Waals surface area contributed by atoms with Crippen molar-refractivity contribution in [1.29, 1.82) is 0 Å². The lowest BCUT2D eigenvalue weighted by Gasteiger charge is -2.32. The maximum absolute atomic E-state index is 12.8. The summed E-state index contributed by atoms with van der Waals surface area (Å²) in [6.07, 6.45) is 0.250. The van der Waals surface area contributed by atoms with Gasteiger partial charge < -0.3 is 30.8 Å². The van der Waals surface area contributed by atoms with Gasteiger partial charge >= 0.3 is 0 Å². The van der Waals surface area contributed by atoms with E-state index in [-0.39, 0.29) is 25.4 Å². The predicted molar refractivity (Wildman–Crippen MR) is 83.3 cm³/mol. The monoisotopic (exact) mass is 336 g/mol. The average Bonchev–Trinajstić information content (AvgIpc) is 2.57. The number of rotatable bonds is 3. The van der Waals surface area contributed by atoms with Crippen LogP contribution in [0.4, 0.5) is 4.39 Å². The molecule has 3 rings (SSSR count). The second-order valence-corrected chi connectivity index (χ2v) is 4.84. The number of nitrogens with two attached hydrogens (primary N) is 2. The van der Waals surface area contributed by atoms with Crippen molar-refractivity contribution >= 4 is 6.41 Å². The van der Waals surface area contributed by atoms with Gasteiger partial charge in [0.15, 0.2) is 18.1 Å². The lowest BCUT2D eigenvalue weighted by Crippen LogP contribution is -2.50. The highest BCUT2D eigenvalue weighted by molar-refractivity contribution is 5.48. The van der Waals surface area contributed by atoms with E-state index in [4.69, 9.17) is 24.7 Å². The maximum atomic E-state index is 12.8. The summed E-state index contributed by atoms with van der Waals surface area (Å²) in [5, 5.41) is 9.98. The van der Waals surface area contributed by atoms with Crippen molar-refractivity contribution in [2.75, 3.05) is 13.2 Å². The number of benzene rings is 2. The largest absolute Gasteiger partial charge is 0.483 e. The summed E-state index contributed by atoms with van der Waals surface area (Å²) >= 11 is 0. The molecule has 1 unspecified atom stereocenters. The molecule has 1 atom stereocenters. The molecule has 0 spiro atoms. The summed E-state index contributed by atoms with van der Waals surface area (Å²) in [5.41, 5.74) is 9.62. The molecule has 2 aromatic carbocycles. The Bertz CT molecular complexity index is 695. The van der Waals surface area contributed by atoms with E-state index < -0.39 is 5.79 Å². The van der Waals surface area contributed by atoms with E-state index in [0.717, 1.165) is 0 Å². The summed E-state index contributed by atoms with van der Waals surface area (Å²) in [7, 11) is 0. The number of fused-ring (bicyclic) bond motifs is 1.